The number of anilines is 1. The Hall–Kier alpha value is -1.96. The Morgan fingerprint density at radius 1 is 1.39 bits per heavy atom. The fraction of sp³-hybridized carbons (Fsp3) is 0.300. The highest BCUT2D eigenvalue weighted by Crippen LogP contribution is 2.16. The predicted molar refractivity (Wildman–Crippen MR) is 65.1 cm³/mol. The van der Waals surface area contributed by atoms with Crippen LogP contribution in [0.2, 0.25) is 0 Å². The fourth-order valence-corrected chi connectivity index (χ4v) is 1.67. The van der Waals surface area contributed by atoms with Crippen molar-refractivity contribution < 1.29 is 9.21 Å². The van der Waals surface area contributed by atoms with Crippen molar-refractivity contribution in [2.24, 2.45) is 0 Å². The summed E-state index contributed by atoms with van der Waals surface area (Å²) in [6.07, 6.45) is 3.79. The maximum absolute atomic E-state index is 11.6. The van der Waals surface area contributed by atoms with Crippen LogP contribution in [0.5, 0.6) is 0 Å². The van der Waals surface area contributed by atoms with Crippen LogP contribution in [-0.4, -0.2) is 31.8 Å². The maximum Gasteiger partial charge on any atom is 0.277 e. The van der Waals surface area contributed by atoms with Crippen LogP contribution in [0.15, 0.2) is 28.1 Å². The average Bonchev–Trinajstić information content (AvgIpc) is 2.85. The van der Waals surface area contributed by atoms with Crippen molar-refractivity contribution in [1.29, 1.82) is 0 Å². The van der Waals surface area contributed by atoms with Crippen molar-refractivity contribution in [1.82, 2.24) is 20.2 Å². The van der Waals surface area contributed by atoms with Gasteiger partial charge in [-0.25, -0.2) is 9.97 Å². The van der Waals surface area contributed by atoms with Crippen LogP contribution in [0.3, 0.4) is 0 Å². The lowest BCUT2D eigenvalue weighted by atomic mass is 10.5. The van der Waals surface area contributed by atoms with Gasteiger partial charge in [0.1, 0.15) is 0 Å². The van der Waals surface area contributed by atoms with E-state index in [-0.39, 0.29) is 17.6 Å². The Labute approximate surface area is 107 Å². The smallest absolute Gasteiger partial charge is 0.277 e. The second kappa shape index (κ2) is 6.10. The van der Waals surface area contributed by atoms with E-state index < -0.39 is 0 Å². The summed E-state index contributed by atoms with van der Waals surface area (Å²) in [5, 5.41) is 10.6. The van der Waals surface area contributed by atoms with Crippen LogP contribution in [0.1, 0.15) is 12.8 Å². The molecule has 1 N–H and O–H groups in total. The minimum absolute atomic E-state index is 0.170. The molecular weight excluding hydrogens is 254 g/mol. The van der Waals surface area contributed by atoms with Crippen molar-refractivity contribution >= 4 is 23.6 Å². The number of thioether (sulfide) groups is 1. The monoisotopic (exact) mass is 265 g/mol. The molecule has 2 rings (SSSR count). The van der Waals surface area contributed by atoms with E-state index in [4.69, 9.17) is 4.42 Å². The number of carbonyl (C=O) groups excluding carboxylic acids is 1. The zero-order valence-corrected chi connectivity index (χ0v) is 10.5. The normalized spacial score (nSPS) is 10.3. The van der Waals surface area contributed by atoms with Gasteiger partial charge in [-0.15, -0.1) is 10.2 Å². The molecule has 2 heterocycles. The third-order valence-corrected chi connectivity index (χ3v) is 2.71. The minimum atomic E-state index is -0.220. The third-order valence-electron chi connectivity index (χ3n) is 1.89. The van der Waals surface area contributed by atoms with E-state index in [9.17, 15) is 4.79 Å². The highest BCUT2D eigenvalue weighted by atomic mass is 32.2. The standard InChI is InChI=1S/C10H11N5O2S/c1-2-8-14-15-10(17-8)18-6-7(16)13-9-11-4-3-5-12-9/h3-5H,2,6H2,1H3,(H,11,12,13,16). The fourth-order valence-electron chi connectivity index (χ4n) is 1.09. The predicted octanol–water partition coefficient (Wildman–Crippen LogP) is 1.15. The maximum atomic E-state index is 11.6. The number of carbonyl (C=O) groups is 1. The summed E-state index contributed by atoms with van der Waals surface area (Å²) < 4.78 is 5.26. The summed E-state index contributed by atoms with van der Waals surface area (Å²) in [7, 11) is 0. The van der Waals surface area contributed by atoms with Gasteiger partial charge >= 0.3 is 0 Å². The van der Waals surface area contributed by atoms with Gasteiger partial charge in [0.05, 0.1) is 5.75 Å². The molecule has 0 unspecified atom stereocenters. The van der Waals surface area contributed by atoms with Crippen molar-refractivity contribution in [3.05, 3.63) is 24.4 Å². The van der Waals surface area contributed by atoms with Gasteiger partial charge in [0, 0.05) is 18.8 Å². The lowest BCUT2D eigenvalue weighted by molar-refractivity contribution is -0.113. The molecule has 8 heteroatoms. The first kappa shape index (κ1) is 12.5. The molecule has 7 nitrogen and oxygen atoms in total. The molecule has 2 aromatic rings. The van der Waals surface area contributed by atoms with Crippen LogP contribution in [-0.2, 0) is 11.2 Å². The molecule has 18 heavy (non-hydrogen) atoms. The highest BCUT2D eigenvalue weighted by Gasteiger charge is 2.09. The number of amides is 1. The van der Waals surface area contributed by atoms with E-state index in [2.05, 4.69) is 25.5 Å². The van der Waals surface area contributed by atoms with Crippen molar-refractivity contribution in [2.75, 3.05) is 11.1 Å². The molecule has 94 valence electrons. The third kappa shape index (κ3) is 3.52. The van der Waals surface area contributed by atoms with E-state index in [0.29, 0.717) is 17.5 Å². The number of hydrogen-bond acceptors (Lipinski definition) is 7. The summed E-state index contributed by atoms with van der Waals surface area (Å²) in [4.78, 5) is 19.3. The molecule has 0 aliphatic heterocycles. The van der Waals surface area contributed by atoms with Crippen LogP contribution in [0.4, 0.5) is 5.95 Å². The van der Waals surface area contributed by atoms with E-state index in [0.717, 1.165) is 0 Å². The number of rotatable bonds is 5. The van der Waals surface area contributed by atoms with Gasteiger partial charge < -0.3 is 4.42 Å². The molecule has 2 aromatic heterocycles. The second-order valence-corrected chi connectivity index (χ2v) is 4.15. The number of hydrogen-bond donors (Lipinski definition) is 1. The van der Waals surface area contributed by atoms with Crippen LogP contribution in [0, 0.1) is 0 Å². The SMILES string of the molecule is CCc1nnc(SCC(=O)Nc2ncccn2)o1. The van der Waals surface area contributed by atoms with E-state index in [1.807, 2.05) is 6.92 Å². The lowest BCUT2D eigenvalue weighted by Gasteiger charge is -2.00. The minimum Gasteiger partial charge on any atom is -0.416 e. The zero-order valence-electron chi connectivity index (χ0n) is 9.66. The summed E-state index contributed by atoms with van der Waals surface area (Å²) in [6, 6.07) is 1.68. The highest BCUT2D eigenvalue weighted by molar-refractivity contribution is 7.99. The first-order chi connectivity index (χ1) is 8.78. The Morgan fingerprint density at radius 3 is 2.83 bits per heavy atom. The van der Waals surface area contributed by atoms with Crippen molar-refractivity contribution in [3.63, 3.8) is 0 Å². The molecule has 0 spiro atoms. The van der Waals surface area contributed by atoms with Gasteiger partial charge in [-0.1, -0.05) is 18.7 Å². The molecular formula is C10H11N5O2S. The van der Waals surface area contributed by atoms with E-state index in [1.165, 1.54) is 11.8 Å². The summed E-state index contributed by atoms with van der Waals surface area (Å²) in [5.74, 6) is 0.790. The second-order valence-electron chi connectivity index (χ2n) is 3.22. The molecule has 0 saturated carbocycles. The van der Waals surface area contributed by atoms with E-state index in [1.54, 1.807) is 18.5 Å². The van der Waals surface area contributed by atoms with Gasteiger partial charge in [0.25, 0.3) is 5.22 Å². The number of nitrogens with one attached hydrogen (secondary N) is 1. The Bertz CT molecular complexity index is 516. The molecule has 0 aromatic carbocycles. The topological polar surface area (TPSA) is 93.8 Å². The van der Waals surface area contributed by atoms with Crippen LogP contribution < -0.4 is 5.32 Å². The number of aromatic nitrogens is 4. The summed E-state index contributed by atoms with van der Waals surface area (Å²) >= 11 is 1.18. The van der Waals surface area contributed by atoms with E-state index >= 15 is 0 Å². The zero-order chi connectivity index (χ0) is 12.8. The summed E-state index contributed by atoms with van der Waals surface area (Å²) in [6.45, 7) is 1.92. The number of nitrogens with zero attached hydrogens (tertiary/aromatic N) is 4. The molecule has 0 aliphatic rings. The van der Waals surface area contributed by atoms with Gasteiger partial charge in [0.15, 0.2) is 0 Å². The van der Waals surface area contributed by atoms with Gasteiger partial charge in [-0.2, -0.15) is 0 Å². The first-order valence-electron chi connectivity index (χ1n) is 5.30. The van der Waals surface area contributed by atoms with Crippen molar-refractivity contribution in [3.8, 4) is 0 Å². The molecule has 0 radical (unpaired) electrons. The lowest BCUT2D eigenvalue weighted by Crippen LogP contribution is -2.15. The molecule has 0 atom stereocenters. The molecule has 0 bridgehead atoms. The number of aryl methyl sites for hydroxylation is 1. The Balaban J connectivity index is 1.81. The largest absolute Gasteiger partial charge is 0.416 e. The molecule has 0 saturated heterocycles. The van der Waals surface area contributed by atoms with Crippen LogP contribution >= 0.6 is 11.8 Å². The molecule has 0 fully saturated rings. The first-order valence-corrected chi connectivity index (χ1v) is 6.28. The Kier molecular flexibility index (Phi) is 4.24. The Morgan fingerprint density at radius 2 is 2.17 bits per heavy atom. The van der Waals surface area contributed by atoms with Crippen LogP contribution in [0.25, 0.3) is 0 Å². The summed E-state index contributed by atoms with van der Waals surface area (Å²) in [5.41, 5.74) is 0. The van der Waals surface area contributed by atoms with Gasteiger partial charge in [-0.3, -0.25) is 10.1 Å². The molecule has 1 amide bonds. The van der Waals surface area contributed by atoms with Crippen molar-refractivity contribution in [2.45, 2.75) is 18.6 Å². The average molecular weight is 265 g/mol. The quantitative estimate of drug-likeness (QED) is 0.810. The van der Waals surface area contributed by atoms with Gasteiger partial charge in [-0.05, 0) is 6.07 Å². The van der Waals surface area contributed by atoms with Gasteiger partial charge in [0.2, 0.25) is 17.7 Å². The molecule has 0 aliphatic carbocycles.